The Hall–Kier alpha value is -2.46. The second-order valence-electron chi connectivity index (χ2n) is 8.33. The Bertz CT molecular complexity index is 909. The molecule has 0 amide bonds. The van der Waals surface area contributed by atoms with Crippen LogP contribution in [0.25, 0.3) is 6.08 Å². The summed E-state index contributed by atoms with van der Waals surface area (Å²) in [6.45, 7) is -1.23. The minimum absolute atomic E-state index is 0.548. The molecule has 1 aromatic carbocycles. The molecule has 0 radical (unpaired) electrons. The Labute approximate surface area is 206 Å². The van der Waals surface area contributed by atoms with Gasteiger partial charge in [0.1, 0.15) is 49.8 Å². The number of carbonyl (C=O) groups excluding carboxylic acids is 2. The Balaban J connectivity index is 1.68. The van der Waals surface area contributed by atoms with Crippen LogP contribution in [0.5, 0.6) is 0 Å². The fourth-order valence-electron chi connectivity index (χ4n) is 3.87. The predicted octanol–water partition coefficient (Wildman–Crippen LogP) is -2.56. The van der Waals surface area contributed by atoms with Crippen molar-refractivity contribution in [1.82, 2.24) is 0 Å². The van der Waals surface area contributed by atoms with Crippen LogP contribution in [0.3, 0.4) is 0 Å². The maximum Gasteiger partial charge on any atom is 0.330 e. The van der Waals surface area contributed by atoms with E-state index in [0.717, 1.165) is 18.6 Å². The summed E-state index contributed by atoms with van der Waals surface area (Å²) in [6, 6.07) is 8.91. The number of hydrogen-bond donors (Lipinski definition) is 6. The minimum Gasteiger partial charge on any atom is -0.460 e. The van der Waals surface area contributed by atoms with Crippen LogP contribution in [0.2, 0.25) is 0 Å². The molecule has 3 rings (SSSR count). The molecule has 13 heteroatoms. The molecule has 13 nitrogen and oxygen atoms in total. The number of hydrogen-bond acceptors (Lipinski definition) is 13. The maximum atomic E-state index is 12.1. The normalized spacial score (nSPS) is 36.6. The zero-order valence-corrected chi connectivity index (χ0v) is 19.3. The van der Waals surface area contributed by atoms with E-state index in [9.17, 15) is 40.2 Å². The third-order valence-corrected chi connectivity index (χ3v) is 5.77. The van der Waals surface area contributed by atoms with Crippen molar-refractivity contribution in [2.24, 2.45) is 0 Å². The van der Waals surface area contributed by atoms with E-state index < -0.39 is 86.6 Å². The molecule has 2 saturated heterocycles. The zero-order chi connectivity index (χ0) is 26.5. The summed E-state index contributed by atoms with van der Waals surface area (Å²) in [5, 5.41) is 61.1. The van der Waals surface area contributed by atoms with Crippen molar-refractivity contribution in [3.05, 3.63) is 42.0 Å². The summed E-state index contributed by atoms with van der Waals surface area (Å²) in [6.07, 6.45) is -10.5. The number of aliphatic hydroxyl groups is 6. The van der Waals surface area contributed by atoms with Crippen molar-refractivity contribution in [3.63, 3.8) is 0 Å². The summed E-state index contributed by atoms with van der Waals surface area (Å²) < 4.78 is 26.4. The van der Waals surface area contributed by atoms with Crippen LogP contribution in [0, 0.1) is 0 Å². The summed E-state index contributed by atoms with van der Waals surface area (Å²) in [4.78, 5) is 23.4. The SMILES string of the molecule is CC(=O)O[C@@H]1[C@@H](CO)O[C@@](CO)(O[C@H]2O[C@H](COC(=O)/C=C/c3ccccc3)[C@@H](O)[C@H](O)[C@H]2O)[C@H]1O. The molecule has 0 aliphatic carbocycles. The van der Waals surface area contributed by atoms with Crippen LogP contribution in [-0.4, -0.2) is 117 Å². The first-order valence-electron chi connectivity index (χ1n) is 11.1. The zero-order valence-electron chi connectivity index (χ0n) is 19.3. The maximum absolute atomic E-state index is 12.1. The number of ether oxygens (including phenoxy) is 5. The standard InChI is InChI=1S/C23H30O13/c1-12(26)33-20-14(9-24)35-23(11-25,21(20)31)36-22-19(30)18(29)17(28)15(34-22)10-32-16(27)8-7-13-5-3-2-4-6-13/h2-8,14-15,17-22,24-25,28-31H,9-11H2,1H3/b8-7+/t14-,15-,17-,18+,19-,20-,21+,22-,23+/m1/s1. The molecule has 2 heterocycles. The van der Waals surface area contributed by atoms with E-state index in [-0.39, 0.29) is 0 Å². The molecule has 0 bridgehead atoms. The number of aliphatic hydroxyl groups excluding tert-OH is 6. The average Bonchev–Trinajstić information content (AvgIpc) is 3.13. The minimum atomic E-state index is -2.33. The van der Waals surface area contributed by atoms with Crippen molar-refractivity contribution < 1.29 is 63.9 Å². The van der Waals surface area contributed by atoms with E-state index in [0.29, 0.717) is 0 Å². The van der Waals surface area contributed by atoms with Gasteiger partial charge in [-0.15, -0.1) is 0 Å². The van der Waals surface area contributed by atoms with Crippen LogP contribution >= 0.6 is 0 Å². The second kappa shape index (κ2) is 12.2. The van der Waals surface area contributed by atoms with Crippen molar-refractivity contribution in [2.75, 3.05) is 19.8 Å². The third-order valence-electron chi connectivity index (χ3n) is 5.77. The molecule has 0 unspecified atom stereocenters. The molecule has 200 valence electrons. The van der Waals surface area contributed by atoms with Gasteiger partial charge in [-0.3, -0.25) is 4.79 Å². The molecular weight excluding hydrogens is 484 g/mol. The molecule has 6 N–H and O–H groups in total. The van der Waals surface area contributed by atoms with Crippen LogP contribution in [0.4, 0.5) is 0 Å². The van der Waals surface area contributed by atoms with Gasteiger partial charge >= 0.3 is 11.9 Å². The molecule has 36 heavy (non-hydrogen) atoms. The van der Waals surface area contributed by atoms with Gasteiger partial charge in [-0.25, -0.2) is 4.79 Å². The molecular formula is C23H30O13. The van der Waals surface area contributed by atoms with Gasteiger partial charge in [0.25, 0.3) is 0 Å². The lowest BCUT2D eigenvalue weighted by Gasteiger charge is -2.43. The molecule has 2 aliphatic rings. The Kier molecular flexibility index (Phi) is 9.52. The molecule has 1 aromatic rings. The highest BCUT2D eigenvalue weighted by molar-refractivity contribution is 5.87. The number of benzene rings is 1. The fourth-order valence-corrected chi connectivity index (χ4v) is 3.87. The highest BCUT2D eigenvalue weighted by Gasteiger charge is 2.60. The van der Waals surface area contributed by atoms with Crippen LogP contribution in [0.1, 0.15) is 12.5 Å². The van der Waals surface area contributed by atoms with E-state index in [1.54, 1.807) is 24.3 Å². The van der Waals surface area contributed by atoms with Gasteiger partial charge in [0, 0.05) is 13.0 Å². The van der Waals surface area contributed by atoms with Crippen molar-refractivity contribution in [3.8, 4) is 0 Å². The number of carbonyl (C=O) groups is 2. The molecule has 2 fully saturated rings. The molecule has 2 aliphatic heterocycles. The average molecular weight is 514 g/mol. The van der Waals surface area contributed by atoms with Gasteiger partial charge in [0.05, 0.1) is 6.61 Å². The van der Waals surface area contributed by atoms with Gasteiger partial charge in [-0.1, -0.05) is 30.3 Å². The lowest BCUT2D eigenvalue weighted by atomic mass is 9.99. The van der Waals surface area contributed by atoms with E-state index in [2.05, 4.69) is 0 Å². The number of rotatable bonds is 9. The van der Waals surface area contributed by atoms with Gasteiger partial charge < -0.3 is 54.3 Å². The Morgan fingerprint density at radius 3 is 2.33 bits per heavy atom. The second-order valence-corrected chi connectivity index (χ2v) is 8.33. The third kappa shape index (κ3) is 6.26. The fraction of sp³-hybridized carbons (Fsp3) is 0.565. The largest absolute Gasteiger partial charge is 0.460 e. The molecule has 9 atom stereocenters. The summed E-state index contributed by atoms with van der Waals surface area (Å²) in [5.74, 6) is -3.91. The molecule has 0 saturated carbocycles. The van der Waals surface area contributed by atoms with E-state index >= 15 is 0 Å². The van der Waals surface area contributed by atoms with Crippen LogP contribution in [-0.2, 0) is 33.3 Å². The van der Waals surface area contributed by atoms with Gasteiger partial charge in [-0.05, 0) is 11.6 Å². The van der Waals surface area contributed by atoms with Crippen molar-refractivity contribution in [1.29, 1.82) is 0 Å². The lowest BCUT2D eigenvalue weighted by molar-refractivity contribution is -0.383. The summed E-state index contributed by atoms with van der Waals surface area (Å²) >= 11 is 0. The van der Waals surface area contributed by atoms with Crippen LogP contribution in [0.15, 0.2) is 36.4 Å². The smallest absolute Gasteiger partial charge is 0.330 e. The van der Waals surface area contributed by atoms with Crippen molar-refractivity contribution >= 4 is 18.0 Å². The highest BCUT2D eigenvalue weighted by atomic mass is 16.8. The first-order valence-corrected chi connectivity index (χ1v) is 11.1. The van der Waals surface area contributed by atoms with E-state index in [1.165, 1.54) is 6.08 Å². The molecule has 0 spiro atoms. The lowest BCUT2D eigenvalue weighted by Crippen LogP contribution is -2.63. The number of esters is 2. The Morgan fingerprint density at radius 1 is 1.03 bits per heavy atom. The summed E-state index contributed by atoms with van der Waals surface area (Å²) in [7, 11) is 0. The quantitative estimate of drug-likeness (QED) is 0.149. The van der Waals surface area contributed by atoms with Crippen LogP contribution < -0.4 is 0 Å². The molecule has 0 aromatic heterocycles. The topological polar surface area (TPSA) is 202 Å². The van der Waals surface area contributed by atoms with Gasteiger partial charge in [0.15, 0.2) is 12.4 Å². The van der Waals surface area contributed by atoms with E-state index in [1.807, 2.05) is 6.07 Å². The van der Waals surface area contributed by atoms with Gasteiger partial charge in [-0.2, -0.15) is 0 Å². The summed E-state index contributed by atoms with van der Waals surface area (Å²) in [5.41, 5.74) is 0.744. The predicted molar refractivity (Wildman–Crippen MR) is 118 cm³/mol. The monoisotopic (exact) mass is 514 g/mol. The van der Waals surface area contributed by atoms with Crippen molar-refractivity contribution in [2.45, 2.75) is 61.7 Å². The first-order chi connectivity index (χ1) is 17.1. The first kappa shape index (κ1) is 28.1. The highest BCUT2D eigenvalue weighted by Crippen LogP contribution is 2.37. The van der Waals surface area contributed by atoms with E-state index in [4.69, 9.17) is 23.7 Å². The Morgan fingerprint density at radius 2 is 1.72 bits per heavy atom. The van der Waals surface area contributed by atoms with Gasteiger partial charge in [0.2, 0.25) is 5.79 Å².